The molecule has 0 saturated carbocycles. The Hall–Kier alpha value is -3.22. The van der Waals surface area contributed by atoms with Crippen LogP contribution in [-0.2, 0) is 0 Å². The Morgan fingerprint density at radius 3 is 2.07 bits per heavy atom. The molecule has 1 saturated heterocycles. The molecule has 1 aliphatic heterocycles. The Labute approximate surface area is 171 Å². The first-order valence-electron chi connectivity index (χ1n) is 9.97. The highest BCUT2D eigenvalue weighted by Crippen LogP contribution is 2.27. The maximum atomic E-state index is 4.68. The maximum absolute atomic E-state index is 4.68. The summed E-state index contributed by atoms with van der Waals surface area (Å²) in [5, 5.41) is 3.51. The van der Waals surface area contributed by atoms with Crippen LogP contribution >= 0.6 is 0 Å². The van der Waals surface area contributed by atoms with E-state index in [9.17, 15) is 0 Å². The molecule has 0 aliphatic carbocycles. The average Bonchev–Trinajstić information content (AvgIpc) is 2.71. The molecule has 0 unspecified atom stereocenters. The predicted molar refractivity (Wildman–Crippen MR) is 117 cm³/mol. The molecule has 3 heterocycles. The molecule has 1 aromatic carbocycles. The summed E-state index contributed by atoms with van der Waals surface area (Å²) in [5.41, 5.74) is 4.82. The maximum Gasteiger partial charge on any atom is 0.225 e. The summed E-state index contributed by atoms with van der Waals surface area (Å²) in [7, 11) is 0. The first-order chi connectivity index (χ1) is 14.0. The molecule has 0 amide bonds. The number of piperazine rings is 1. The van der Waals surface area contributed by atoms with Gasteiger partial charge in [0.2, 0.25) is 5.95 Å². The fraction of sp³-hybridized carbons (Fsp3) is 0.364. The van der Waals surface area contributed by atoms with Crippen molar-refractivity contribution in [2.75, 3.05) is 41.3 Å². The van der Waals surface area contributed by atoms with Crippen LogP contribution < -0.4 is 15.1 Å². The molecule has 7 heteroatoms. The number of anilines is 4. The van der Waals surface area contributed by atoms with Crippen LogP contribution in [0.5, 0.6) is 0 Å². The average molecular weight is 390 g/mol. The molecule has 1 fully saturated rings. The number of hydrogen-bond donors (Lipinski definition) is 1. The van der Waals surface area contributed by atoms with Crippen molar-refractivity contribution in [1.82, 2.24) is 19.9 Å². The van der Waals surface area contributed by atoms with Gasteiger partial charge in [-0.2, -0.15) is 0 Å². The predicted octanol–water partition coefficient (Wildman–Crippen LogP) is 3.57. The Morgan fingerprint density at radius 2 is 1.41 bits per heavy atom. The van der Waals surface area contributed by atoms with Gasteiger partial charge in [0.1, 0.15) is 17.5 Å². The monoisotopic (exact) mass is 389 g/mol. The molecule has 0 atom stereocenters. The van der Waals surface area contributed by atoms with Crippen LogP contribution in [0.3, 0.4) is 0 Å². The number of aromatic nitrogens is 4. The third kappa shape index (κ3) is 4.29. The lowest BCUT2D eigenvalue weighted by Crippen LogP contribution is -2.47. The van der Waals surface area contributed by atoms with Crippen molar-refractivity contribution in [3.63, 3.8) is 0 Å². The zero-order valence-electron chi connectivity index (χ0n) is 17.5. The van der Waals surface area contributed by atoms with E-state index >= 15 is 0 Å². The van der Waals surface area contributed by atoms with Crippen LogP contribution in [0.25, 0.3) is 0 Å². The number of benzene rings is 1. The van der Waals surface area contributed by atoms with E-state index in [4.69, 9.17) is 0 Å². The largest absolute Gasteiger partial charge is 0.353 e. The number of nitrogens with zero attached hydrogens (tertiary/aromatic N) is 6. The summed E-state index contributed by atoms with van der Waals surface area (Å²) in [5.74, 6) is 3.34. The summed E-state index contributed by atoms with van der Waals surface area (Å²) in [6.07, 6.45) is 3.57. The normalized spacial score (nSPS) is 14.2. The van der Waals surface area contributed by atoms with E-state index in [1.165, 1.54) is 16.7 Å². The molecule has 29 heavy (non-hydrogen) atoms. The van der Waals surface area contributed by atoms with E-state index in [2.05, 4.69) is 68.0 Å². The molecular weight excluding hydrogens is 362 g/mol. The van der Waals surface area contributed by atoms with E-state index in [0.717, 1.165) is 55.3 Å². The van der Waals surface area contributed by atoms with E-state index in [1.54, 1.807) is 12.4 Å². The summed E-state index contributed by atoms with van der Waals surface area (Å²) in [4.78, 5) is 22.5. The molecule has 7 nitrogen and oxygen atoms in total. The van der Waals surface area contributed by atoms with Crippen LogP contribution in [0.15, 0.2) is 36.7 Å². The molecule has 0 spiro atoms. The van der Waals surface area contributed by atoms with Gasteiger partial charge in [-0.25, -0.2) is 19.9 Å². The van der Waals surface area contributed by atoms with Gasteiger partial charge in [0.15, 0.2) is 0 Å². The lowest BCUT2D eigenvalue weighted by atomic mass is 10.1. The van der Waals surface area contributed by atoms with Gasteiger partial charge in [0, 0.05) is 50.3 Å². The van der Waals surface area contributed by atoms with Crippen molar-refractivity contribution < 1.29 is 0 Å². The van der Waals surface area contributed by atoms with Gasteiger partial charge < -0.3 is 15.1 Å². The van der Waals surface area contributed by atoms with Crippen molar-refractivity contribution in [3.05, 3.63) is 59.2 Å². The Morgan fingerprint density at radius 1 is 0.793 bits per heavy atom. The highest BCUT2D eigenvalue weighted by molar-refractivity contribution is 5.67. The lowest BCUT2D eigenvalue weighted by Gasteiger charge is -2.35. The summed E-state index contributed by atoms with van der Waals surface area (Å²) < 4.78 is 0. The second kappa shape index (κ2) is 8.03. The fourth-order valence-corrected chi connectivity index (χ4v) is 3.87. The van der Waals surface area contributed by atoms with Crippen LogP contribution in [0.4, 0.5) is 23.3 Å². The third-order valence-corrected chi connectivity index (χ3v) is 5.19. The van der Waals surface area contributed by atoms with Crippen molar-refractivity contribution in [3.8, 4) is 0 Å². The third-order valence-electron chi connectivity index (χ3n) is 5.19. The standard InChI is InChI=1S/C22H27N7/c1-15-12-16(2)21(17(3)13-15)27-19-14-20(26-18(4)25-19)28-8-10-29(11-9-28)22-23-6-5-7-24-22/h5-7,12-14H,8-11H2,1-4H3,(H,25,26,27). The number of hydrogen-bond acceptors (Lipinski definition) is 7. The lowest BCUT2D eigenvalue weighted by molar-refractivity contribution is 0.633. The summed E-state index contributed by atoms with van der Waals surface area (Å²) in [6.45, 7) is 11.8. The summed E-state index contributed by atoms with van der Waals surface area (Å²) in [6, 6.07) is 8.26. The molecule has 2 aromatic heterocycles. The molecule has 1 aliphatic rings. The number of rotatable bonds is 4. The second-order valence-electron chi connectivity index (χ2n) is 7.58. The van der Waals surface area contributed by atoms with Crippen molar-refractivity contribution in [1.29, 1.82) is 0 Å². The quantitative estimate of drug-likeness (QED) is 0.731. The van der Waals surface area contributed by atoms with Crippen LogP contribution in [0.2, 0.25) is 0 Å². The summed E-state index contributed by atoms with van der Waals surface area (Å²) >= 11 is 0. The van der Waals surface area contributed by atoms with E-state index in [0.29, 0.717) is 0 Å². The van der Waals surface area contributed by atoms with Crippen LogP contribution in [-0.4, -0.2) is 46.1 Å². The van der Waals surface area contributed by atoms with Crippen molar-refractivity contribution in [2.45, 2.75) is 27.7 Å². The Bertz CT molecular complexity index is 972. The van der Waals surface area contributed by atoms with Crippen molar-refractivity contribution >= 4 is 23.3 Å². The van der Waals surface area contributed by atoms with E-state index in [-0.39, 0.29) is 0 Å². The van der Waals surface area contributed by atoms with Gasteiger partial charge in [-0.3, -0.25) is 0 Å². The first kappa shape index (κ1) is 19.1. The van der Waals surface area contributed by atoms with Crippen molar-refractivity contribution in [2.24, 2.45) is 0 Å². The zero-order valence-corrected chi connectivity index (χ0v) is 17.5. The van der Waals surface area contributed by atoms with Gasteiger partial charge in [-0.15, -0.1) is 0 Å². The molecular formula is C22H27N7. The van der Waals surface area contributed by atoms with Gasteiger partial charge in [0.25, 0.3) is 0 Å². The first-order valence-corrected chi connectivity index (χ1v) is 9.97. The molecule has 4 rings (SSSR count). The number of aryl methyl sites for hydroxylation is 4. The molecule has 0 radical (unpaired) electrons. The molecule has 3 aromatic rings. The minimum absolute atomic E-state index is 0.765. The molecule has 150 valence electrons. The molecule has 0 bridgehead atoms. The van der Waals surface area contributed by atoms with Gasteiger partial charge >= 0.3 is 0 Å². The smallest absolute Gasteiger partial charge is 0.225 e. The highest BCUT2D eigenvalue weighted by Gasteiger charge is 2.20. The van der Waals surface area contributed by atoms with Gasteiger partial charge in [-0.05, 0) is 44.9 Å². The van der Waals surface area contributed by atoms with Crippen LogP contribution in [0, 0.1) is 27.7 Å². The SMILES string of the molecule is Cc1cc(C)c(Nc2cc(N3CCN(c4ncccn4)CC3)nc(C)n2)c(C)c1. The minimum atomic E-state index is 0.765. The Kier molecular flexibility index (Phi) is 5.29. The number of nitrogens with one attached hydrogen (secondary N) is 1. The van der Waals surface area contributed by atoms with Crippen LogP contribution in [0.1, 0.15) is 22.5 Å². The second-order valence-corrected chi connectivity index (χ2v) is 7.58. The zero-order chi connectivity index (χ0) is 20.4. The highest BCUT2D eigenvalue weighted by atomic mass is 15.3. The molecule has 1 N–H and O–H groups in total. The minimum Gasteiger partial charge on any atom is -0.353 e. The Balaban J connectivity index is 1.51. The fourth-order valence-electron chi connectivity index (χ4n) is 3.87. The topological polar surface area (TPSA) is 70.1 Å². The van der Waals surface area contributed by atoms with E-state index in [1.807, 2.05) is 19.1 Å². The van der Waals surface area contributed by atoms with Gasteiger partial charge in [0.05, 0.1) is 0 Å². The van der Waals surface area contributed by atoms with E-state index < -0.39 is 0 Å². The van der Waals surface area contributed by atoms with Gasteiger partial charge in [-0.1, -0.05) is 17.7 Å².